The molecular formula is C26H30N2O5. The topological polar surface area (TPSA) is 116 Å². The molecule has 33 heavy (non-hydrogen) atoms. The number of esters is 1. The van der Waals surface area contributed by atoms with Crippen LogP contribution in [0.1, 0.15) is 54.4 Å². The molecule has 1 fully saturated rings. The molecule has 0 aromatic heterocycles. The van der Waals surface area contributed by atoms with Crippen molar-refractivity contribution >= 4 is 23.6 Å². The zero-order valence-corrected chi connectivity index (χ0v) is 18.6. The summed E-state index contributed by atoms with van der Waals surface area (Å²) in [7, 11) is 0. The maximum Gasteiger partial charge on any atom is 0.338 e. The number of Topliss-reactive ketones (excluding diaryl/α,β-unsaturated/α-hetero) is 1. The van der Waals surface area contributed by atoms with Gasteiger partial charge in [0.1, 0.15) is 0 Å². The van der Waals surface area contributed by atoms with Crippen molar-refractivity contribution in [1.29, 1.82) is 0 Å². The number of ether oxygens (including phenoxy) is 1. The Kier molecular flexibility index (Phi) is 8.75. The highest BCUT2D eigenvalue weighted by atomic mass is 16.5. The van der Waals surface area contributed by atoms with Crippen molar-refractivity contribution in [2.24, 2.45) is 11.7 Å². The molecule has 2 aromatic carbocycles. The first-order chi connectivity index (χ1) is 15.9. The Balaban J connectivity index is 1.61. The molecule has 3 rings (SSSR count). The van der Waals surface area contributed by atoms with Crippen LogP contribution in [0.25, 0.3) is 0 Å². The Morgan fingerprint density at radius 2 is 1.55 bits per heavy atom. The van der Waals surface area contributed by atoms with Crippen LogP contribution in [-0.4, -0.2) is 35.7 Å². The van der Waals surface area contributed by atoms with Gasteiger partial charge in [0.2, 0.25) is 11.8 Å². The number of hydrogen-bond acceptors (Lipinski definition) is 5. The fourth-order valence-corrected chi connectivity index (χ4v) is 4.14. The summed E-state index contributed by atoms with van der Waals surface area (Å²) in [6.45, 7) is 0. The molecule has 3 atom stereocenters. The van der Waals surface area contributed by atoms with Crippen LogP contribution in [0.4, 0.5) is 0 Å². The molecule has 7 heteroatoms. The highest BCUT2D eigenvalue weighted by Gasteiger charge is 2.31. The van der Waals surface area contributed by atoms with Crippen molar-refractivity contribution in [3.05, 3.63) is 71.8 Å². The van der Waals surface area contributed by atoms with E-state index < -0.39 is 18.0 Å². The molecule has 7 nitrogen and oxygen atoms in total. The molecular weight excluding hydrogens is 420 g/mol. The fraction of sp³-hybridized carbons (Fsp3) is 0.385. The van der Waals surface area contributed by atoms with E-state index in [0.717, 1.165) is 18.4 Å². The van der Waals surface area contributed by atoms with Gasteiger partial charge in [0.05, 0.1) is 11.5 Å². The van der Waals surface area contributed by atoms with Gasteiger partial charge < -0.3 is 15.8 Å². The van der Waals surface area contributed by atoms with Gasteiger partial charge in [-0.05, 0) is 30.5 Å². The predicted molar refractivity (Wildman–Crippen MR) is 123 cm³/mol. The monoisotopic (exact) mass is 450 g/mol. The molecule has 2 amide bonds. The summed E-state index contributed by atoms with van der Waals surface area (Å²) in [6.07, 6.45) is 2.29. The standard InChI is InChI=1S/C26H30N2O5/c27-25(31)20-13-7-8-14-21(20)28-24(30)16-15-22(29)23(17-18-9-3-1-4-10-18)33-26(32)19-11-5-2-6-12-19/h1-6,9-12,20-21,23H,7-8,13-17H2,(H2,27,31)(H,28,30)/t20-,21-,23+/m1/s1. The minimum atomic E-state index is -0.999. The lowest BCUT2D eigenvalue weighted by Crippen LogP contribution is -2.47. The summed E-state index contributed by atoms with van der Waals surface area (Å²) in [6, 6.07) is 17.5. The number of amides is 2. The van der Waals surface area contributed by atoms with Gasteiger partial charge in [-0.15, -0.1) is 0 Å². The molecule has 1 aliphatic carbocycles. The summed E-state index contributed by atoms with van der Waals surface area (Å²) in [5.41, 5.74) is 6.68. The van der Waals surface area contributed by atoms with E-state index in [9.17, 15) is 19.2 Å². The van der Waals surface area contributed by atoms with E-state index in [4.69, 9.17) is 10.5 Å². The highest BCUT2D eigenvalue weighted by Crippen LogP contribution is 2.24. The first kappa shape index (κ1) is 24.2. The predicted octanol–water partition coefficient (Wildman–Crippen LogP) is 2.96. The first-order valence-corrected chi connectivity index (χ1v) is 11.4. The number of benzene rings is 2. The maximum atomic E-state index is 13.0. The molecule has 0 heterocycles. The normalized spacial score (nSPS) is 18.7. The molecule has 0 unspecified atom stereocenters. The molecule has 0 aliphatic heterocycles. The SMILES string of the molecule is NC(=O)[C@@H]1CCCC[C@H]1NC(=O)CCC(=O)[C@H](Cc1ccccc1)OC(=O)c1ccccc1. The molecule has 0 bridgehead atoms. The van der Waals surface area contributed by atoms with E-state index in [1.807, 2.05) is 30.3 Å². The van der Waals surface area contributed by atoms with Crippen LogP contribution in [0, 0.1) is 5.92 Å². The Morgan fingerprint density at radius 1 is 0.909 bits per heavy atom. The Labute approximate surface area is 193 Å². The van der Waals surface area contributed by atoms with E-state index in [-0.39, 0.29) is 42.9 Å². The fourth-order valence-electron chi connectivity index (χ4n) is 4.14. The Hall–Kier alpha value is -3.48. The molecule has 174 valence electrons. The van der Waals surface area contributed by atoms with Crippen LogP contribution in [0.15, 0.2) is 60.7 Å². The molecule has 1 saturated carbocycles. The van der Waals surface area contributed by atoms with Gasteiger partial charge in [-0.25, -0.2) is 4.79 Å². The van der Waals surface area contributed by atoms with Crippen LogP contribution < -0.4 is 11.1 Å². The van der Waals surface area contributed by atoms with Crippen molar-refractivity contribution < 1.29 is 23.9 Å². The molecule has 0 saturated heterocycles. The lowest BCUT2D eigenvalue weighted by molar-refractivity contribution is -0.131. The van der Waals surface area contributed by atoms with Crippen molar-refractivity contribution in [2.75, 3.05) is 0 Å². The smallest absolute Gasteiger partial charge is 0.338 e. The number of carbonyl (C=O) groups excluding carboxylic acids is 4. The number of ketones is 1. The number of hydrogen-bond donors (Lipinski definition) is 2. The molecule has 0 radical (unpaired) electrons. The lowest BCUT2D eigenvalue weighted by Gasteiger charge is -2.30. The van der Waals surface area contributed by atoms with Crippen LogP contribution in [0.3, 0.4) is 0 Å². The third-order valence-electron chi connectivity index (χ3n) is 5.96. The van der Waals surface area contributed by atoms with Crippen molar-refractivity contribution in [3.8, 4) is 0 Å². The van der Waals surface area contributed by atoms with E-state index in [2.05, 4.69) is 5.32 Å². The lowest BCUT2D eigenvalue weighted by atomic mass is 9.84. The van der Waals surface area contributed by atoms with E-state index in [1.54, 1.807) is 30.3 Å². The summed E-state index contributed by atoms with van der Waals surface area (Å²) in [5.74, 6) is -2.01. The van der Waals surface area contributed by atoms with E-state index in [1.165, 1.54) is 0 Å². The van der Waals surface area contributed by atoms with Gasteiger partial charge in [0.15, 0.2) is 11.9 Å². The Bertz CT molecular complexity index is 961. The molecule has 1 aliphatic rings. The number of nitrogens with two attached hydrogens (primary N) is 1. The minimum absolute atomic E-state index is 0.0466. The van der Waals surface area contributed by atoms with Crippen LogP contribution in [0.5, 0.6) is 0 Å². The third-order valence-corrected chi connectivity index (χ3v) is 5.96. The van der Waals surface area contributed by atoms with Crippen molar-refractivity contribution in [2.45, 2.75) is 57.1 Å². The maximum absolute atomic E-state index is 13.0. The zero-order chi connectivity index (χ0) is 23.6. The Morgan fingerprint density at radius 3 is 2.21 bits per heavy atom. The molecule has 2 aromatic rings. The van der Waals surface area contributed by atoms with Gasteiger partial charge in [-0.1, -0.05) is 61.4 Å². The van der Waals surface area contributed by atoms with Gasteiger partial charge in [0, 0.05) is 25.3 Å². The van der Waals surface area contributed by atoms with Gasteiger partial charge in [-0.2, -0.15) is 0 Å². The van der Waals surface area contributed by atoms with Gasteiger partial charge in [-0.3, -0.25) is 14.4 Å². The number of nitrogens with one attached hydrogen (secondary N) is 1. The highest BCUT2D eigenvalue weighted by molar-refractivity contribution is 5.94. The summed E-state index contributed by atoms with van der Waals surface area (Å²) < 4.78 is 5.55. The quantitative estimate of drug-likeness (QED) is 0.540. The largest absolute Gasteiger partial charge is 0.450 e. The third kappa shape index (κ3) is 7.27. The zero-order valence-electron chi connectivity index (χ0n) is 18.6. The van der Waals surface area contributed by atoms with Crippen LogP contribution in [0.2, 0.25) is 0 Å². The van der Waals surface area contributed by atoms with Crippen LogP contribution in [-0.2, 0) is 25.5 Å². The molecule has 3 N–H and O–H groups in total. The van der Waals surface area contributed by atoms with E-state index in [0.29, 0.717) is 18.4 Å². The van der Waals surface area contributed by atoms with Crippen LogP contribution >= 0.6 is 0 Å². The summed E-state index contributed by atoms with van der Waals surface area (Å²) in [5, 5.41) is 2.86. The second-order valence-electron chi connectivity index (χ2n) is 8.38. The second kappa shape index (κ2) is 11.9. The molecule has 0 spiro atoms. The van der Waals surface area contributed by atoms with Crippen molar-refractivity contribution in [3.63, 3.8) is 0 Å². The average Bonchev–Trinajstić information content (AvgIpc) is 2.83. The average molecular weight is 451 g/mol. The second-order valence-corrected chi connectivity index (χ2v) is 8.38. The first-order valence-electron chi connectivity index (χ1n) is 11.4. The number of rotatable bonds is 10. The number of carbonyl (C=O) groups is 4. The van der Waals surface area contributed by atoms with E-state index >= 15 is 0 Å². The summed E-state index contributed by atoms with van der Waals surface area (Å²) in [4.78, 5) is 49.7. The summed E-state index contributed by atoms with van der Waals surface area (Å²) >= 11 is 0. The number of primary amides is 1. The van der Waals surface area contributed by atoms with Gasteiger partial charge in [0.25, 0.3) is 0 Å². The van der Waals surface area contributed by atoms with Gasteiger partial charge >= 0.3 is 5.97 Å². The minimum Gasteiger partial charge on any atom is -0.450 e. The van der Waals surface area contributed by atoms with Crippen molar-refractivity contribution in [1.82, 2.24) is 5.32 Å².